The van der Waals surface area contributed by atoms with E-state index in [-0.39, 0.29) is 6.61 Å². The average Bonchev–Trinajstić information content (AvgIpc) is 2.46. The molecule has 0 amide bonds. The van der Waals surface area contributed by atoms with Crippen molar-refractivity contribution in [1.29, 1.82) is 0 Å². The molecule has 0 aliphatic rings. The van der Waals surface area contributed by atoms with Crippen molar-refractivity contribution in [3.63, 3.8) is 0 Å². The van der Waals surface area contributed by atoms with Crippen LogP contribution in [0.15, 0.2) is 48.5 Å². The summed E-state index contributed by atoms with van der Waals surface area (Å²) in [5.41, 5.74) is 2.00. The van der Waals surface area contributed by atoms with E-state index in [1.807, 2.05) is 55.5 Å². The number of ether oxygens (including phenoxy) is 2. The van der Waals surface area contributed by atoms with Crippen LogP contribution in [0, 0.1) is 6.92 Å². The van der Waals surface area contributed by atoms with E-state index in [9.17, 15) is 0 Å². The third-order valence-corrected chi connectivity index (χ3v) is 2.81. The Hall–Kier alpha value is -2.00. The highest BCUT2D eigenvalue weighted by Gasteiger charge is 1.98. The van der Waals surface area contributed by atoms with E-state index in [1.165, 1.54) is 0 Å². The molecule has 0 unspecified atom stereocenters. The molecule has 0 bridgehead atoms. The van der Waals surface area contributed by atoms with Crippen LogP contribution in [0.5, 0.6) is 11.5 Å². The van der Waals surface area contributed by atoms with Crippen molar-refractivity contribution < 1.29 is 14.6 Å². The fourth-order valence-electron chi connectivity index (χ4n) is 1.72. The van der Waals surface area contributed by atoms with Crippen molar-refractivity contribution in [2.45, 2.75) is 13.5 Å². The lowest BCUT2D eigenvalue weighted by molar-refractivity contribution is 0.216. The first-order valence-corrected chi connectivity index (χ1v) is 6.30. The molecular formula is C16H18O3. The van der Waals surface area contributed by atoms with Crippen LogP contribution in [0.25, 0.3) is 0 Å². The number of benzene rings is 2. The maximum atomic E-state index is 8.93. The molecule has 0 saturated carbocycles. The monoisotopic (exact) mass is 258 g/mol. The molecule has 0 aliphatic heterocycles. The van der Waals surface area contributed by atoms with Crippen molar-refractivity contribution in [2.75, 3.05) is 13.2 Å². The van der Waals surface area contributed by atoms with Gasteiger partial charge in [-0.15, -0.1) is 0 Å². The minimum atomic E-state index is 0.0523. The average molecular weight is 258 g/mol. The van der Waals surface area contributed by atoms with Crippen molar-refractivity contribution in [3.8, 4) is 11.5 Å². The first-order chi connectivity index (χ1) is 9.29. The van der Waals surface area contributed by atoms with Crippen molar-refractivity contribution in [2.24, 2.45) is 0 Å². The van der Waals surface area contributed by atoms with Gasteiger partial charge in [-0.1, -0.05) is 30.3 Å². The highest BCUT2D eigenvalue weighted by molar-refractivity contribution is 5.31. The number of hydrogen-bond donors (Lipinski definition) is 1. The number of hydrogen-bond acceptors (Lipinski definition) is 3. The molecule has 0 fully saturated rings. The summed E-state index contributed by atoms with van der Waals surface area (Å²) in [6, 6.07) is 15.3. The van der Waals surface area contributed by atoms with Crippen LogP contribution >= 0.6 is 0 Å². The van der Waals surface area contributed by atoms with E-state index in [0.29, 0.717) is 13.2 Å². The summed E-state index contributed by atoms with van der Waals surface area (Å²) in [5.74, 6) is 1.67. The van der Waals surface area contributed by atoms with Crippen molar-refractivity contribution in [3.05, 3.63) is 59.7 Å². The van der Waals surface area contributed by atoms with Gasteiger partial charge in [0.05, 0.1) is 6.61 Å². The largest absolute Gasteiger partial charge is 0.490 e. The minimum Gasteiger partial charge on any atom is -0.490 e. The highest BCUT2D eigenvalue weighted by Crippen LogP contribution is 2.16. The molecule has 3 heteroatoms. The maximum absolute atomic E-state index is 8.93. The minimum absolute atomic E-state index is 0.0523. The van der Waals surface area contributed by atoms with Crippen LogP contribution in [-0.2, 0) is 6.61 Å². The number of aryl methyl sites for hydroxylation is 1. The van der Waals surface area contributed by atoms with Gasteiger partial charge in [0.1, 0.15) is 24.7 Å². The van der Waals surface area contributed by atoms with E-state index in [0.717, 1.165) is 22.6 Å². The molecule has 0 saturated heterocycles. The molecule has 0 radical (unpaired) electrons. The van der Waals surface area contributed by atoms with Gasteiger partial charge in [-0.05, 0) is 36.2 Å². The summed E-state index contributed by atoms with van der Waals surface area (Å²) in [6.45, 7) is 3.07. The summed E-state index contributed by atoms with van der Waals surface area (Å²) in [6.07, 6.45) is 0. The molecule has 2 aromatic carbocycles. The summed E-state index contributed by atoms with van der Waals surface area (Å²) < 4.78 is 11.2. The topological polar surface area (TPSA) is 38.7 Å². The Balaban J connectivity index is 1.76. The van der Waals surface area contributed by atoms with Gasteiger partial charge in [-0.3, -0.25) is 0 Å². The number of rotatable bonds is 6. The molecule has 1 N–H and O–H groups in total. The number of para-hydroxylation sites is 1. The number of aliphatic hydroxyl groups is 1. The molecule has 2 aromatic rings. The van der Waals surface area contributed by atoms with Crippen LogP contribution in [0.3, 0.4) is 0 Å². The molecule has 0 aliphatic carbocycles. The van der Waals surface area contributed by atoms with E-state index in [4.69, 9.17) is 14.6 Å². The third kappa shape index (κ3) is 4.00. The Morgan fingerprint density at radius 1 is 0.895 bits per heavy atom. The van der Waals surface area contributed by atoms with Crippen molar-refractivity contribution >= 4 is 0 Å². The third-order valence-electron chi connectivity index (χ3n) is 2.81. The van der Waals surface area contributed by atoms with E-state index >= 15 is 0 Å². The molecule has 19 heavy (non-hydrogen) atoms. The fraction of sp³-hybridized carbons (Fsp3) is 0.250. The molecule has 0 spiro atoms. The van der Waals surface area contributed by atoms with Crippen molar-refractivity contribution in [1.82, 2.24) is 0 Å². The number of aliphatic hydroxyl groups excluding tert-OH is 1. The molecule has 0 heterocycles. The highest BCUT2D eigenvalue weighted by atomic mass is 16.5. The van der Waals surface area contributed by atoms with Crippen LogP contribution in [0.4, 0.5) is 0 Å². The second-order valence-corrected chi connectivity index (χ2v) is 4.26. The fourth-order valence-corrected chi connectivity index (χ4v) is 1.72. The van der Waals surface area contributed by atoms with Gasteiger partial charge < -0.3 is 14.6 Å². The Morgan fingerprint density at radius 3 is 2.26 bits per heavy atom. The van der Waals surface area contributed by atoms with Gasteiger partial charge >= 0.3 is 0 Å². The second kappa shape index (κ2) is 6.81. The van der Waals surface area contributed by atoms with E-state index < -0.39 is 0 Å². The Morgan fingerprint density at radius 2 is 1.58 bits per heavy atom. The quantitative estimate of drug-likeness (QED) is 0.810. The summed E-state index contributed by atoms with van der Waals surface area (Å²) >= 11 is 0. The van der Waals surface area contributed by atoms with Gasteiger partial charge in [0.25, 0.3) is 0 Å². The van der Waals surface area contributed by atoms with Gasteiger partial charge in [0.2, 0.25) is 0 Å². The molecule has 0 atom stereocenters. The molecule has 2 rings (SSSR count). The predicted molar refractivity (Wildman–Crippen MR) is 74.5 cm³/mol. The van der Waals surface area contributed by atoms with Gasteiger partial charge in [0, 0.05) is 0 Å². The predicted octanol–water partition coefficient (Wildman–Crippen LogP) is 2.95. The molecule has 0 aromatic heterocycles. The maximum Gasteiger partial charge on any atom is 0.122 e. The Labute approximate surface area is 113 Å². The SMILES string of the molecule is Cc1ccccc1OCCOc1ccc(CO)cc1. The lowest BCUT2D eigenvalue weighted by Crippen LogP contribution is -2.09. The molecule has 100 valence electrons. The second-order valence-electron chi connectivity index (χ2n) is 4.26. The van der Waals surface area contributed by atoms with Crippen LogP contribution in [-0.4, -0.2) is 18.3 Å². The lowest BCUT2D eigenvalue weighted by atomic mass is 10.2. The summed E-state index contributed by atoms with van der Waals surface area (Å²) in [5, 5.41) is 8.93. The zero-order valence-corrected chi connectivity index (χ0v) is 11.0. The zero-order chi connectivity index (χ0) is 13.5. The Kier molecular flexibility index (Phi) is 4.81. The Bertz CT molecular complexity index is 506. The first-order valence-electron chi connectivity index (χ1n) is 6.30. The normalized spacial score (nSPS) is 10.2. The summed E-state index contributed by atoms with van der Waals surface area (Å²) in [4.78, 5) is 0. The van der Waals surface area contributed by atoms with E-state index in [2.05, 4.69) is 0 Å². The van der Waals surface area contributed by atoms with Gasteiger partial charge in [-0.25, -0.2) is 0 Å². The first kappa shape index (κ1) is 13.4. The lowest BCUT2D eigenvalue weighted by Gasteiger charge is -2.10. The van der Waals surface area contributed by atoms with Crippen LogP contribution in [0.2, 0.25) is 0 Å². The van der Waals surface area contributed by atoms with Gasteiger partial charge in [0.15, 0.2) is 0 Å². The van der Waals surface area contributed by atoms with Gasteiger partial charge in [-0.2, -0.15) is 0 Å². The van der Waals surface area contributed by atoms with E-state index in [1.54, 1.807) is 0 Å². The van der Waals surface area contributed by atoms with Crippen LogP contribution in [0.1, 0.15) is 11.1 Å². The smallest absolute Gasteiger partial charge is 0.122 e. The molecular weight excluding hydrogens is 240 g/mol. The zero-order valence-electron chi connectivity index (χ0n) is 11.0. The van der Waals surface area contributed by atoms with Crippen LogP contribution < -0.4 is 9.47 Å². The molecule has 3 nitrogen and oxygen atoms in total. The summed E-state index contributed by atoms with van der Waals surface area (Å²) in [7, 11) is 0. The standard InChI is InChI=1S/C16H18O3/c1-13-4-2-3-5-16(13)19-11-10-18-15-8-6-14(12-17)7-9-15/h2-9,17H,10-12H2,1H3.